The van der Waals surface area contributed by atoms with Crippen LogP contribution in [0.4, 0.5) is 0 Å². The molecule has 0 saturated carbocycles. The van der Waals surface area contributed by atoms with Gasteiger partial charge in [0, 0.05) is 27.2 Å². The average molecular weight is 221 g/mol. The molecule has 4 aromatic rings. The molecule has 2 aromatic heterocycles. The minimum Gasteiger partial charge on any atom is -0.464 e. The molecule has 0 radical (unpaired) electrons. The van der Waals surface area contributed by atoms with Crippen molar-refractivity contribution in [3.8, 4) is 0 Å². The molecule has 0 unspecified atom stereocenters. The van der Waals surface area contributed by atoms with Gasteiger partial charge >= 0.3 is 0 Å². The van der Waals surface area contributed by atoms with E-state index in [0.29, 0.717) is 0 Å². The van der Waals surface area contributed by atoms with Crippen LogP contribution in [-0.4, -0.2) is 4.98 Å². The summed E-state index contributed by atoms with van der Waals surface area (Å²) in [5, 5.41) is 3.63. The number of fused-ring (bicyclic) bond motifs is 4. The van der Waals surface area contributed by atoms with E-state index in [1.54, 1.807) is 6.26 Å². The number of aromatic nitrogens is 1. The van der Waals surface area contributed by atoms with Crippen molar-refractivity contribution in [3.63, 3.8) is 0 Å². The Hall–Kier alpha value is -2.22. The van der Waals surface area contributed by atoms with Crippen molar-refractivity contribution in [1.29, 1.82) is 0 Å². The topological polar surface area (TPSA) is 28.9 Å². The van der Waals surface area contributed by atoms with Gasteiger partial charge in [0.25, 0.3) is 0 Å². The third kappa shape index (κ3) is 1.15. The van der Waals surface area contributed by atoms with Crippen molar-refractivity contribution < 1.29 is 4.42 Å². The monoisotopic (exact) mass is 221 g/mol. The highest BCUT2D eigenvalue weighted by Crippen LogP contribution is 2.30. The highest BCUT2D eigenvalue weighted by atomic mass is 16.3. The Morgan fingerprint density at radius 2 is 1.82 bits per heavy atom. The van der Waals surface area contributed by atoms with Crippen LogP contribution in [0, 0.1) is 6.92 Å². The summed E-state index contributed by atoms with van der Waals surface area (Å²) in [4.78, 5) is 3.45. The summed E-state index contributed by atoms with van der Waals surface area (Å²) in [6, 6.07) is 12.7. The Morgan fingerprint density at radius 3 is 2.76 bits per heavy atom. The predicted octanol–water partition coefficient (Wildman–Crippen LogP) is 4.38. The maximum absolute atomic E-state index is 5.46. The van der Waals surface area contributed by atoms with Gasteiger partial charge in [0.1, 0.15) is 5.58 Å². The van der Waals surface area contributed by atoms with Gasteiger partial charge in [-0.05, 0) is 37.3 Å². The fourth-order valence-corrected chi connectivity index (χ4v) is 2.47. The maximum atomic E-state index is 5.46. The van der Waals surface area contributed by atoms with E-state index in [9.17, 15) is 0 Å². The Kier molecular flexibility index (Phi) is 1.52. The van der Waals surface area contributed by atoms with Gasteiger partial charge in [-0.2, -0.15) is 0 Å². The molecule has 0 fully saturated rings. The zero-order chi connectivity index (χ0) is 11.4. The Morgan fingerprint density at radius 1 is 0.941 bits per heavy atom. The van der Waals surface area contributed by atoms with Crippen LogP contribution in [-0.2, 0) is 0 Å². The van der Waals surface area contributed by atoms with Gasteiger partial charge in [0.2, 0.25) is 0 Å². The van der Waals surface area contributed by atoms with E-state index in [-0.39, 0.29) is 0 Å². The van der Waals surface area contributed by atoms with Crippen molar-refractivity contribution in [2.45, 2.75) is 6.92 Å². The summed E-state index contributed by atoms with van der Waals surface area (Å²) >= 11 is 0. The van der Waals surface area contributed by atoms with Crippen molar-refractivity contribution in [1.82, 2.24) is 4.98 Å². The zero-order valence-electron chi connectivity index (χ0n) is 9.45. The van der Waals surface area contributed by atoms with Gasteiger partial charge in [0.05, 0.1) is 6.26 Å². The number of aryl methyl sites for hydroxylation is 1. The highest BCUT2D eigenvalue weighted by molar-refractivity contribution is 6.11. The Balaban J connectivity index is 2.28. The molecule has 0 atom stereocenters. The maximum Gasteiger partial charge on any atom is 0.134 e. The average Bonchev–Trinajstić information content (AvgIpc) is 2.89. The predicted molar refractivity (Wildman–Crippen MR) is 70.3 cm³/mol. The molecular formula is C15H11NO. The lowest BCUT2D eigenvalue weighted by Gasteiger charge is -1.93. The van der Waals surface area contributed by atoms with Crippen LogP contribution >= 0.6 is 0 Å². The first-order chi connectivity index (χ1) is 8.31. The van der Waals surface area contributed by atoms with E-state index >= 15 is 0 Å². The molecule has 0 saturated heterocycles. The number of nitrogens with one attached hydrogen (secondary N) is 1. The molecule has 2 heteroatoms. The largest absolute Gasteiger partial charge is 0.464 e. The number of furan rings is 1. The van der Waals surface area contributed by atoms with Gasteiger partial charge in [-0.15, -0.1) is 0 Å². The molecule has 4 rings (SSSR count). The Labute approximate surface area is 97.8 Å². The summed E-state index contributed by atoms with van der Waals surface area (Å²) in [7, 11) is 0. The highest BCUT2D eigenvalue weighted by Gasteiger charge is 2.07. The van der Waals surface area contributed by atoms with Crippen LogP contribution in [0.25, 0.3) is 32.8 Å². The summed E-state index contributed by atoms with van der Waals surface area (Å²) in [5.74, 6) is 0. The van der Waals surface area contributed by atoms with Gasteiger partial charge in [-0.3, -0.25) is 0 Å². The summed E-state index contributed by atoms with van der Waals surface area (Å²) < 4.78 is 5.46. The van der Waals surface area contributed by atoms with Crippen LogP contribution < -0.4 is 0 Å². The molecule has 2 aromatic carbocycles. The summed E-state index contributed by atoms with van der Waals surface area (Å²) in [5.41, 5.74) is 4.57. The fourth-order valence-electron chi connectivity index (χ4n) is 2.47. The normalized spacial score (nSPS) is 11.8. The minimum absolute atomic E-state index is 0.944. The van der Waals surface area contributed by atoms with Crippen LogP contribution in [0.2, 0.25) is 0 Å². The number of benzene rings is 2. The van der Waals surface area contributed by atoms with E-state index in [0.717, 1.165) is 11.0 Å². The fraction of sp³-hybridized carbons (Fsp3) is 0.0667. The molecule has 17 heavy (non-hydrogen) atoms. The van der Waals surface area contributed by atoms with E-state index < -0.39 is 0 Å². The van der Waals surface area contributed by atoms with E-state index in [4.69, 9.17) is 4.42 Å². The van der Waals surface area contributed by atoms with Gasteiger partial charge < -0.3 is 9.40 Å². The first kappa shape index (κ1) is 8.88. The van der Waals surface area contributed by atoms with Crippen LogP contribution in [0.5, 0.6) is 0 Å². The van der Waals surface area contributed by atoms with Crippen LogP contribution in [0.1, 0.15) is 5.56 Å². The minimum atomic E-state index is 0.944. The number of hydrogen-bond acceptors (Lipinski definition) is 1. The molecule has 0 amide bonds. The smallest absolute Gasteiger partial charge is 0.134 e. The number of H-pyrrole nitrogens is 1. The van der Waals surface area contributed by atoms with Crippen molar-refractivity contribution in [2.24, 2.45) is 0 Å². The number of rotatable bonds is 0. The molecular weight excluding hydrogens is 210 g/mol. The first-order valence-corrected chi connectivity index (χ1v) is 5.70. The molecule has 0 spiro atoms. The van der Waals surface area contributed by atoms with Gasteiger partial charge in [-0.25, -0.2) is 0 Å². The van der Waals surface area contributed by atoms with Crippen molar-refractivity contribution >= 4 is 32.8 Å². The molecule has 82 valence electrons. The SMILES string of the molecule is Cc1ccc2[nH]c3cc4ccoc4cc3c2c1. The molecule has 0 aliphatic carbocycles. The number of aromatic amines is 1. The van der Waals surface area contributed by atoms with Crippen LogP contribution in [0.15, 0.2) is 47.1 Å². The molecule has 2 nitrogen and oxygen atoms in total. The second kappa shape index (κ2) is 2.92. The second-order valence-corrected chi connectivity index (χ2v) is 4.53. The lowest BCUT2D eigenvalue weighted by molar-refractivity contribution is 0.616. The first-order valence-electron chi connectivity index (χ1n) is 5.70. The van der Waals surface area contributed by atoms with E-state index in [1.165, 1.54) is 27.4 Å². The van der Waals surface area contributed by atoms with Gasteiger partial charge in [0.15, 0.2) is 0 Å². The molecule has 0 aliphatic rings. The quantitative estimate of drug-likeness (QED) is 0.469. The molecule has 0 bridgehead atoms. The van der Waals surface area contributed by atoms with Gasteiger partial charge in [-0.1, -0.05) is 11.6 Å². The van der Waals surface area contributed by atoms with Crippen molar-refractivity contribution in [2.75, 3.05) is 0 Å². The molecule has 0 aliphatic heterocycles. The third-order valence-electron chi connectivity index (χ3n) is 3.33. The lowest BCUT2D eigenvalue weighted by Crippen LogP contribution is -1.71. The Bertz CT molecular complexity index is 851. The van der Waals surface area contributed by atoms with E-state index in [1.807, 2.05) is 6.07 Å². The molecule has 2 heterocycles. The third-order valence-corrected chi connectivity index (χ3v) is 3.33. The molecule has 1 N–H and O–H groups in total. The lowest BCUT2D eigenvalue weighted by atomic mass is 10.1. The van der Waals surface area contributed by atoms with E-state index in [2.05, 4.69) is 42.2 Å². The van der Waals surface area contributed by atoms with Crippen LogP contribution in [0.3, 0.4) is 0 Å². The van der Waals surface area contributed by atoms with Crippen molar-refractivity contribution in [3.05, 3.63) is 48.2 Å². The summed E-state index contributed by atoms with van der Waals surface area (Å²) in [6.45, 7) is 2.11. The second-order valence-electron chi connectivity index (χ2n) is 4.53. The zero-order valence-corrected chi connectivity index (χ0v) is 9.45. The standard InChI is InChI=1S/C15H11NO/c1-9-2-3-13-11(6-9)12-8-15-10(4-5-17-15)7-14(12)16-13/h2-8,16H,1H3. The number of hydrogen-bond donors (Lipinski definition) is 1. The summed E-state index contributed by atoms with van der Waals surface area (Å²) in [6.07, 6.45) is 1.73.